The summed E-state index contributed by atoms with van der Waals surface area (Å²) in [5.41, 5.74) is 5.82. The average Bonchev–Trinajstić information content (AvgIpc) is 2.20. The molecular formula is C11H23N3O. The first kappa shape index (κ1) is 12.5. The first-order valence-electron chi connectivity index (χ1n) is 5.85. The van der Waals surface area contributed by atoms with E-state index in [0.717, 1.165) is 39.0 Å². The Bertz CT molecular complexity index is 198. The Balaban J connectivity index is 2.08. The topological polar surface area (TPSA) is 58.4 Å². The summed E-state index contributed by atoms with van der Waals surface area (Å²) in [6.45, 7) is 7.67. The van der Waals surface area contributed by atoms with Gasteiger partial charge in [0.2, 0.25) is 5.91 Å². The Morgan fingerprint density at radius 1 is 1.47 bits per heavy atom. The monoisotopic (exact) mass is 213 g/mol. The van der Waals surface area contributed by atoms with Crippen LogP contribution >= 0.6 is 0 Å². The number of nitrogens with zero attached hydrogens (tertiary/aromatic N) is 1. The van der Waals surface area contributed by atoms with Crippen molar-refractivity contribution in [1.29, 1.82) is 0 Å². The van der Waals surface area contributed by atoms with Crippen molar-refractivity contribution in [2.45, 2.75) is 32.7 Å². The van der Waals surface area contributed by atoms with Crippen LogP contribution in [-0.4, -0.2) is 43.0 Å². The number of amides is 1. The molecule has 0 aliphatic carbocycles. The molecule has 1 saturated heterocycles. The zero-order chi connectivity index (χ0) is 11.3. The molecule has 1 fully saturated rings. The van der Waals surface area contributed by atoms with Gasteiger partial charge in [0.1, 0.15) is 0 Å². The van der Waals surface area contributed by atoms with Crippen LogP contribution < -0.4 is 11.1 Å². The van der Waals surface area contributed by atoms with Crippen LogP contribution in [0.25, 0.3) is 0 Å². The highest BCUT2D eigenvalue weighted by Gasteiger charge is 2.15. The van der Waals surface area contributed by atoms with Crippen molar-refractivity contribution >= 4 is 5.91 Å². The van der Waals surface area contributed by atoms with Gasteiger partial charge in [-0.2, -0.15) is 0 Å². The number of piperidine rings is 1. The van der Waals surface area contributed by atoms with Crippen LogP contribution in [0.3, 0.4) is 0 Å². The molecule has 15 heavy (non-hydrogen) atoms. The van der Waals surface area contributed by atoms with Gasteiger partial charge >= 0.3 is 0 Å². The Morgan fingerprint density at radius 2 is 2.07 bits per heavy atom. The molecule has 0 aromatic carbocycles. The molecule has 0 atom stereocenters. The summed E-state index contributed by atoms with van der Waals surface area (Å²) in [6.07, 6.45) is 2.16. The lowest BCUT2D eigenvalue weighted by Gasteiger charge is -2.30. The lowest BCUT2D eigenvalue weighted by Crippen LogP contribution is -2.43. The SMILES string of the molecule is CC(C)C(=O)NCCN1CCC(N)CC1. The van der Waals surface area contributed by atoms with E-state index in [9.17, 15) is 4.79 Å². The van der Waals surface area contributed by atoms with Gasteiger partial charge in [-0.3, -0.25) is 4.79 Å². The highest BCUT2D eigenvalue weighted by atomic mass is 16.1. The molecule has 0 bridgehead atoms. The lowest BCUT2D eigenvalue weighted by atomic mass is 10.1. The molecule has 88 valence electrons. The van der Waals surface area contributed by atoms with Crippen LogP contribution in [0, 0.1) is 5.92 Å². The Labute approximate surface area is 92.2 Å². The Kier molecular flexibility index (Phi) is 5.05. The average molecular weight is 213 g/mol. The summed E-state index contributed by atoms with van der Waals surface area (Å²) in [6, 6.07) is 0.381. The molecule has 0 aromatic heterocycles. The normalized spacial score (nSPS) is 19.5. The van der Waals surface area contributed by atoms with E-state index in [1.807, 2.05) is 13.8 Å². The third-order valence-electron chi connectivity index (χ3n) is 2.88. The first-order valence-corrected chi connectivity index (χ1v) is 5.85. The van der Waals surface area contributed by atoms with E-state index in [4.69, 9.17) is 5.73 Å². The number of nitrogens with two attached hydrogens (primary N) is 1. The molecule has 3 N–H and O–H groups in total. The molecule has 4 nitrogen and oxygen atoms in total. The largest absolute Gasteiger partial charge is 0.355 e. The van der Waals surface area contributed by atoms with Gasteiger partial charge in [0.25, 0.3) is 0 Å². The molecule has 4 heteroatoms. The molecule has 1 aliphatic heterocycles. The zero-order valence-corrected chi connectivity index (χ0v) is 9.83. The van der Waals surface area contributed by atoms with Crippen molar-refractivity contribution in [3.05, 3.63) is 0 Å². The van der Waals surface area contributed by atoms with Gasteiger partial charge in [-0.1, -0.05) is 13.8 Å². The van der Waals surface area contributed by atoms with Gasteiger partial charge in [0.15, 0.2) is 0 Å². The molecule has 1 heterocycles. The summed E-state index contributed by atoms with van der Waals surface area (Å²) in [5, 5.41) is 2.93. The molecule has 0 spiro atoms. The van der Waals surface area contributed by atoms with Gasteiger partial charge in [0.05, 0.1) is 0 Å². The number of hydrogen-bond donors (Lipinski definition) is 2. The van der Waals surface area contributed by atoms with Crippen molar-refractivity contribution in [3.8, 4) is 0 Å². The number of carbonyl (C=O) groups excluding carboxylic acids is 1. The Hall–Kier alpha value is -0.610. The molecule has 1 aliphatic rings. The van der Waals surface area contributed by atoms with Gasteiger partial charge < -0.3 is 16.0 Å². The van der Waals surface area contributed by atoms with E-state index in [1.54, 1.807) is 0 Å². The van der Waals surface area contributed by atoms with Crippen LogP contribution in [0.15, 0.2) is 0 Å². The quantitative estimate of drug-likeness (QED) is 0.700. The van der Waals surface area contributed by atoms with E-state index in [1.165, 1.54) is 0 Å². The van der Waals surface area contributed by atoms with Crippen molar-refractivity contribution in [1.82, 2.24) is 10.2 Å². The highest BCUT2D eigenvalue weighted by Crippen LogP contribution is 2.06. The predicted molar refractivity (Wildman–Crippen MR) is 61.5 cm³/mol. The van der Waals surface area contributed by atoms with Crippen LogP contribution in [-0.2, 0) is 4.79 Å². The van der Waals surface area contributed by atoms with Gasteiger partial charge in [-0.05, 0) is 25.9 Å². The lowest BCUT2D eigenvalue weighted by molar-refractivity contribution is -0.124. The van der Waals surface area contributed by atoms with E-state index >= 15 is 0 Å². The summed E-state index contributed by atoms with van der Waals surface area (Å²) < 4.78 is 0. The fourth-order valence-corrected chi connectivity index (χ4v) is 1.72. The number of hydrogen-bond acceptors (Lipinski definition) is 3. The maximum Gasteiger partial charge on any atom is 0.222 e. The zero-order valence-electron chi connectivity index (χ0n) is 9.83. The summed E-state index contributed by atoms with van der Waals surface area (Å²) in [7, 11) is 0. The van der Waals surface area contributed by atoms with Crippen LogP contribution in [0.2, 0.25) is 0 Å². The number of rotatable bonds is 4. The molecule has 1 amide bonds. The first-order chi connectivity index (χ1) is 7.09. The summed E-state index contributed by atoms with van der Waals surface area (Å²) >= 11 is 0. The number of likely N-dealkylation sites (tertiary alicyclic amines) is 1. The van der Waals surface area contributed by atoms with Crippen molar-refractivity contribution in [2.75, 3.05) is 26.2 Å². The van der Waals surface area contributed by atoms with Crippen LogP contribution in [0.5, 0.6) is 0 Å². The maximum atomic E-state index is 11.3. The fourth-order valence-electron chi connectivity index (χ4n) is 1.72. The minimum absolute atomic E-state index is 0.0831. The highest BCUT2D eigenvalue weighted by molar-refractivity contribution is 5.77. The molecule has 0 saturated carbocycles. The van der Waals surface area contributed by atoms with Gasteiger partial charge in [0, 0.05) is 25.0 Å². The summed E-state index contributed by atoms with van der Waals surface area (Å²) in [5.74, 6) is 0.225. The van der Waals surface area contributed by atoms with Gasteiger partial charge in [-0.15, -0.1) is 0 Å². The summed E-state index contributed by atoms with van der Waals surface area (Å²) in [4.78, 5) is 13.7. The molecular weight excluding hydrogens is 190 g/mol. The second-order valence-electron chi connectivity index (χ2n) is 4.62. The van der Waals surface area contributed by atoms with Crippen molar-refractivity contribution < 1.29 is 4.79 Å². The van der Waals surface area contributed by atoms with E-state index < -0.39 is 0 Å². The van der Waals surface area contributed by atoms with Gasteiger partial charge in [-0.25, -0.2) is 0 Å². The molecule has 0 unspecified atom stereocenters. The minimum atomic E-state index is 0.0831. The van der Waals surface area contributed by atoms with Crippen molar-refractivity contribution in [2.24, 2.45) is 11.7 Å². The minimum Gasteiger partial charge on any atom is -0.355 e. The van der Waals surface area contributed by atoms with Crippen LogP contribution in [0.1, 0.15) is 26.7 Å². The number of carbonyl (C=O) groups is 1. The van der Waals surface area contributed by atoms with Crippen LogP contribution in [0.4, 0.5) is 0 Å². The third kappa shape index (κ3) is 4.62. The second kappa shape index (κ2) is 6.08. The maximum absolute atomic E-state index is 11.3. The molecule has 0 aromatic rings. The van der Waals surface area contributed by atoms with E-state index in [0.29, 0.717) is 6.04 Å². The Morgan fingerprint density at radius 3 is 2.60 bits per heavy atom. The van der Waals surface area contributed by atoms with E-state index in [-0.39, 0.29) is 11.8 Å². The third-order valence-corrected chi connectivity index (χ3v) is 2.88. The predicted octanol–water partition coefficient (Wildman–Crippen LogP) is 0.182. The smallest absolute Gasteiger partial charge is 0.222 e. The van der Waals surface area contributed by atoms with E-state index in [2.05, 4.69) is 10.2 Å². The fraction of sp³-hybridized carbons (Fsp3) is 0.909. The van der Waals surface area contributed by atoms with Crippen molar-refractivity contribution in [3.63, 3.8) is 0 Å². The standard InChI is InChI=1S/C11H23N3O/c1-9(2)11(15)13-5-8-14-6-3-10(12)4-7-14/h9-10H,3-8,12H2,1-2H3,(H,13,15). The molecule has 1 rings (SSSR count). The molecule has 0 radical (unpaired) electrons. The number of nitrogens with one attached hydrogen (secondary N) is 1. The second-order valence-corrected chi connectivity index (χ2v) is 4.62.